The first-order valence-electron chi connectivity index (χ1n) is 4.23. The topological polar surface area (TPSA) is 41.6 Å². The molecule has 2 aromatic heterocycles. The third kappa shape index (κ3) is 1.98. The van der Waals surface area contributed by atoms with Gasteiger partial charge in [-0.25, -0.2) is 4.98 Å². The van der Waals surface area contributed by atoms with Crippen LogP contribution < -0.4 is 0 Å². The van der Waals surface area contributed by atoms with Crippen molar-refractivity contribution >= 4 is 22.5 Å². The predicted molar refractivity (Wildman–Crippen MR) is 55.0 cm³/mol. The van der Waals surface area contributed by atoms with Crippen molar-refractivity contribution in [3.8, 4) is 0 Å². The van der Waals surface area contributed by atoms with Gasteiger partial charge >= 0.3 is 0 Å². The molecule has 0 bridgehead atoms. The van der Waals surface area contributed by atoms with Crippen molar-refractivity contribution in [2.75, 3.05) is 0 Å². The Bertz CT molecular complexity index is 395. The van der Waals surface area contributed by atoms with Crippen molar-refractivity contribution in [1.82, 2.24) is 15.2 Å². The molecule has 0 unspecified atom stereocenters. The number of rotatable bonds is 0. The predicted octanol–water partition coefficient (Wildman–Crippen LogP) is 2.95. The maximum absolute atomic E-state index is 5.83. The second-order valence-electron chi connectivity index (χ2n) is 2.39. The summed E-state index contributed by atoms with van der Waals surface area (Å²) in [6.45, 7) is 5.90. The largest absolute Gasteiger partial charge is 0.278 e. The lowest BCUT2D eigenvalue weighted by Crippen LogP contribution is -1.81. The van der Waals surface area contributed by atoms with Crippen molar-refractivity contribution in [3.63, 3.8) is 0 Å². The van der Waals surface area contributed by atoms with Gasteiger partial charge in [-0.05, 0) is 13.0 Å². The molecule has 0 spiro atoms. The number of hydrogen-bond donors (Lipinski definition) is 1. The summed E-state index contributed by atoms with van der Waals surface area (Å²) in [4.78, 5) is 4.08. The summed E-state index contributed by atoms with van der Waals surface area (Å²) < 4.78 is 0. The molecule has 13 heavy (non-hydrogen) atoms. The summed E-state index contributed by atoms with van der Waals surface area (Å²) in [5, 5.41) is 8.06. The lowest BCUT2D eigenvalue weighted by atomic mass is 10.3. The average Bonchev–Trinajstić information content (AvgIpc) is 2.55. The Balaban J connectivity index is 0.000000396. The van der Waals surface area contributed by atoms with Crippen LogP contribution in [0.25, 0.3) is 10.9 Å². The van der Waals surface area contributed by atoms with E-state index in [9.17, 15) is 0 Å². The summed E-state index contributed by atoms with van der Waals surface area (Å²) in [5.41, 5.74) is 1.83. The molecule has 0 fully saturated rings. The smallest absolute Gasteiger partial charge is 0.140 e. The molecule has 0 aliphatic rings. The molecule has 2 aromatic rings. The van der Waals surface area contributed by atoms with Gasteiger partial charge in [-0.3, -0.25) is 5.10 Å². The van der Waals surface area contributed by atoms with E-state index in [1.807, 2.05) is 26.8 Å². The van der Waals surface area contributed by atoms with E-state index in [-0.39, 0.29) is 0 Å². The van der Waals surface area contributed by atoms with Crippen LogP contribution in [-0.4, -0.2) is 15.2 Å². The zero-order valence-electron chi connectivity index (χ0n) is 7.93. The highest BCUT2D eigenvalue weighted by molar-refractivity contribution is 6.34. The molecule has 3 nitrogen and oxygen atoms in total. The number of H-pyrrole nitrogens is 1. The monoisotopic (exact) mass is 197 g/mol. The normalized spacial score (nSPS) is 9.54. The van der Waals surface area contributed by atoms with Crippen molar-refractivity contribution in [3.05, 3.63) is 23.1 Å². The van der Waals surface area contributed by atoms with E-state index in [0.717, 1.165) is 16.6 Å². The third-order valence-corrected chi connectivity index (χ3v) is 1.81. The second kappa shape index (κ2) is 4.23. The number of fused-ring (bicyclic) bond motifs is 1. The molecule has 0 radical (unpaired) electrons. The van der Waals surface area contributed by atoms with Crippen LogP contribution in [0.15, 0.2) is 12.3 Å². The fourth-order valence-electron chi connectivity index (χ4n) is 1.03. The molecule has 4 heteroatoms. The lowest BCUT2D eigenvalue weighted by molar-refractivity contribution is 1.12. The number of halogens is 1. The quantitative estimate of drug-likeness (QED) is 0.660. The van der Waals surface area contributed by atoms with Gasteiger partial charge < -0.3 is 0 Å². The Hall–Kier alpha value is -1.09. The van der Waals surface area contributed by atoms with Gasteiger partial charge in [-0.1, -0.05) is 25.4 Å². The Morgan fingerprint density at radius 3 is 2.77 bits per heavy atom. The zero-order chi connectivity index (χ0) is 9.84. The number of pyridine rings is 1. The molecule has 2 heterocycles. The van der Waals surface area contributed by atoms with Crippen molar-refractivity contribution < 1.29 is 0 Å². The van der Waals surface area contributed by atoms with Gasteiger partial charge in [0.25, 0.3) is 0 Å². The summed E-state index contributed by atoms with van der Waals surface area (Å²) in [5.74, 6) is 0. The van der Waals surface area contributed by atoms with E-state index >= 15 is 0 Å². The molecular weight excluding hydrogens is 186 g/mol. The van der Waals surface area contributed by atoms with E-state index in [2.05, 4.69) is 15.2 Å². The van der Waals surface area contributed by atoms with E-state index in [1.165, 1.54) is 0 Å². The Labute approximate surface area is 82.1 Å². The molecule has 70 valence electrons. The van der Waals surface area contributed by atoms with Crippen LogP contribution in [0, 0.1) is 6.92 Å². The van der Waals surface area contributed by atoms with Crippen LogP contribution >= 0.6 is 11.6 Å². The highest BCUT2D eigenvalue weighted by atomic mass is 35.5. The lowest BCUT2D eigenvalue weighted by Gasteiger charge is -1.93. The van der Waals surface area contributed by atoms with Gasteiger partial charge in [0.15, 0.2) is 0 Å². The van der Waals surface area contributed by atoms with Crippen molar-refractivity contribution in [1.29, 1.82) is 0 Å². The molecule has 0 saturated carbocycles. The minimum absolute atomic E-state index is 0.508. The number of nitrogens with zero attached hydrogens (tertiary/aromatic N) is 2. The first kappa shape index (κ1) is 9.99. The second-order valence-corrected chi connectivity index (χ2v) is 2.74. The van der Waals surface area contributed by atoms with Crippen LogP contribution in [0.1, 0.15) is 19.5 Å². The van der Waals surface area contributed by atoms with Crippen molar-refractivity contribution in [2.45, 2.75) is 20.8 Å². The Kier molecular flexibility index (Phi) is 3.25. The van der Waals surface area contributed by atoms with Crippen LogP contribution in [-0.2, 0) is 0 Å². The highest BCUT2D eigenvalue weighted by Crippen LogP contribution is 2.19. The van der Waals surface area contributed by atoms with Gasteiger partial charge in [0.1, 0.15) is 5.15 Å². The molecule has 0 saturated heterocycles. The van der Waals surface area contributed by atoms with E-state index < -0.39 is 0 Å². The van der Waals surface area contributed by atoms with Crippen LogP contribution in [0.3, 0.4) is 0 Å². The number of hydrogen-bond acceptors (Lipinski definition) is 2. The van der Waals surface area contributed by atoms with E-state index in [4.69, 9.17) is 11.6 Å². The molecule has 2 rings (SSSR count). The first-order valence-corrected chi connectivity index (χ1v) is 4.61. The molecule has 0 aliphatic carbocycles. The number of nitrogens with one attached hydrogen (secondary N) is 1. The Morgan fingerprint density at radius 1 is 1.38 bits per heavy atom. The third-order valence-electron chi connectivity index (χ3n) is 1.52. The standard InChI is InChI=1S/C7H6ClN3.C2H6/c1-4-2-6-5(3-9-11-6)7(8)10-4;1-2/h2-3H,1H3,(H,9,11);1-2H3. The SMILES string of the molecule is CC.Cc1cc2[nH]ncc2c(Cl)n1. The van der Waals surface area contributed by atoms with Crippen LogP contribution in [0.2, 0.25) is 5.15 Å². The van der Waals surface area contributed by atoms with Crippen LogP contribution in [0.5, 0.6) is 0 Å². The average molecular weight is 198 g/mol. The first-order chi connectivity index (χ1) is 6.27. The molecule has 0 amide bonds. The summed E-state index contributed by atoms with van der Waals surface area (Å²) >= 11 is 5.83. The maximum Gasteiger partial charge on any atom is 0.140 e. The van der Waals surface area contributed by atoms with Gasteiger partial charge in [-0.15, -0.1) is 0 Å². The number of aryl methyl sites for hydroxylation is 1. The van der Waals surface area contributed by atoms with Crippen LogP contribution in [0.4, 0.5) is 0 Å². The van der Waals surface area contributed by atoms with E-state index in [0.29, 0.717) is 5.15 Å². The van der Waals surface area contributed by atoms with Crippen molar-refractivity contribution in [2.24, 2.45) is 0 Å². The minimum Gasteiger partial charge on any atom is -0.278 e. The number of aromatic nitrogens is 3. The fraction of sp³-hybridized carbons (Fsp3) is 0.333. The van der Waals surface area contributed by atoms with E-state index in [1.54, 1.807) is 6.20 Å². The summed E-state index contributed by atoms with van der Waals surface area (Å²) in [7, 11) is 0. The molecule has 1 N–H and O–H groups in total. The summed E-state index contributed by atoms with van der Waals surface area (Å²) in [6.07, 6.45) is 1.67. The minimum atomic E-state index is 0.508. The zero-order valence-corrected chi connectivity index (χ0v) is 8.68. The van der Waals surface area contributed by atoms with Gasteiger partial charge in [0.05, 0.1) is 17.1 Å². The summed E-state index contributed by atoms with van der Waals surface area (Å²) in [6, 6.07) is 1.91. The molecule has 0 aromatic carbocycles. The maximum atomic E-state index is 5.83. The molecule has 0 aliphatic heterocycles. The molecule has 0 atom stereocenters. The molecular formula is C9H12ClN3. The van der Waals surface area contributed by atoms with Gasteiger partial charge in [0.2, 0.25) is 0 Å². The fourth-order valence-corrected chi connectivity index (χ4v) is 1.31. The van der Waals surface area contributed by atoms with Gasteiger partial charge in [-0.2, -0.15) is 5.10 Å². The highest BCUT2D eigenvalue weighted by Gasteiger charge is 2.01. The number of aromatic amines is 1. The Morgan fingerprint density at radius 2 is 2.08 bits per heavy atom. The van der Waals surface area contributed by atoms with Gasteiger partial charge in [0, 0.05) is 5.69 Å².